The second-order valence-corrected chi connectivity index (χ2v) is 6.16. The Morgan fingerprint density at radius 3 is 2.92 bits per heavy atom. The highest BCUT2D eigenvalue weighted by atomic mass is 32.1. The Hall–Kier alpha value is -3.12. The third-order valence-corrected chi connectivity index (χ3v) is 4.38. The van der Waals surface area contributed by atoms with Gasteiger partial charge in [0.1, 0.15) is 0 Å². The van der Waals surface area contributed by atoms with Crippen molar-refractivity contribution in [2.75, 3.05) is 0 Å². The number of hydrogen-bond acceptors (Lipinski definition) is 3. The Balaban J connectivity index is 1.48. The fourth-order valence-corrected chi connectivity index (χ4v) is 3.04. The standard InChI is InChI=1S/C18H15N5S/c1(14-5-8-19-12-14)2-16-7-10-23(22-16)17-11-18(24-13-17)4-3-15-6-9-20-21-15/h1-13,19H,(H,20,21)/b2-1?,4-3+. The molecule has 0 amide bonds. The van der Waals surface area contributed by atoms with Crippen molar-refractivity contribution in [3.05, 3.63) is 76.3 Å². The molecule has 4 aromatic rings. The predicted molar refractivity (Wildman–Crippen MR) is 98.7 cm³/mol. The second kappa shape index (κ2) is 6.55. The molecule has 4 heterocycles. The monoisotopic (exact) mass is 333 g/mol. The van der Waals surface area contributed by atoms with Crippen molar-refractivity contribution in [3.63, 3.8) is 0 Å². The SMILES string of the molecule is C(=Cc1ccn(-c2csc(/C=C/c3ccn[nH]3)c2)n1)c1cc[nH]c1. The summed E-state index contributed by atoms with van der Waals surface area (Å²) in [6.45, 7) is 0. The van der Waals surface area contributed by atoms with Crippen molar-refractivity contribution in [1.82, 2.24) is 25.0 Å². The molecule has 0 spiro atoms. The molecule has 0 aliphatic heterocycles. The Bertz CT molecular complexity index is 875. The van der Waals surface area contributed by atoms with Gasteiger partial charge >= 0.3 is 0 Å². The summed E-state index contributed by atoms with van der Waals surface area (Å²) in [5.41, 5.74) is 4.11. The van der Waals surface area contributed by atoms with Crippen LogP contribution in [0.5, 0.6) is 0 Å². The van der Waals surface area contributed by atoms with Gasteiger partial charge < -0.3 is 4.98 Å². The van der Waals surface area contributed by atoms with E-state index in [0.29, 0.717) is 0 Å². The van der Waals surface area contributed by atoms with Crippen LogP contribution in [0.3, 0.4) is 0 Å². The molecule has 118 valence electrons. The lowest BCUT2D eigenvalue weighted by Gasteiger charge is -1.94. The van der Waals surface area contributed by atoms with Crippen molar-refractivity contribution in [1.29, 1.82) is 0 Å². The van der Waals surface area contributed by atoms with Crippen LogP contribution in [0, 0.1) is 0 Å². The van der Waals surface area contributed by atoms with Crippen LogP contribution in [-0.4, -0.2) is 25.0 Å². The quantitative estimate of drug-likeness (QED) is 0.571. The van der Waals surface area contributed by atoms with Crippen molar-refractivity contribution in [2.45, 2.75) is 0 Å². The summed E-state index contributed by atoms with van der Waals surface area (Å²) in [5, 5.41) is 13.5. The summed E-state index contributed by atoms with van der Waals surface area (Å²) < 4.78 is 1.89. The van der Waals surface area contributed by atoms with Crippen LogP contribution in [0.25, 0.3) is 30.0 Å². The van der Waals surface area contributed by atoms with Crippen LogP contribution in [0.2, 0.25) is 0 Å². The first-order valence-electron chi connectivity index (χ1n) is 7.50. The minimum absolute atomic E-state index is 0.928. The van der Waals surface area contributed by atoms with E-state index in [4.69, 9.17) is 0 Å². The highest BCUT2D eigenvalue weighted by Gasteiger charge is 2.02. The molecule has 0 aromatic carbocycles. The molecule has 4 aromatic heterocycles. The van der Waals surface area contributed by atoms with E-state index in [9.17, 15) is 0 Å². The van der Waals surface area contributed by atoms with Crippen LogP contribution >= 0.6 is 11.3 Å². The van der Waals surface area contributed by atoms with Crippen LogP contribution in [-0.2, 0) is 0 Å². The largest absolute Gasteiger partial charge is 0.367 e. The molecule has 0 radical (unpaired) electrons. The van der Waals surface area contributed by atoms with Crippen molar-refractivity contribution in [2.24, 2.45) is 0 Å². The van der Waals surface area contributed by atoms with E-state index in [2.05, 4.69) is 37.8 Å². The molecule has 5 nitrogen and oxygen atoms in total. The molecule has 0 saturated heterocycles. The van der Waals surface area contributed by atoms with Crippen LogP contribution in [0.4, 0.5) is 0 Å². The lowest BCUT2D eigenvalue weighted by Crippen LogP contribution is -1.91. The highest BCUT2D eigenvalue weighted by Crippen LogP contribution is 2.20. The first kappa shape index (κ1) is 14.5. The molecule has 0 bridgehead atoms. The zero-order valence-electron chi connectivity index (χ0n) is 12.8. The van der Waals surface area contributed by atoms with E-state index in [-0.39, 0.29) is 0 Å². The fraction of sp³-hybridized carbons (Fsp3) is 0. The van der Waals surface area contributed by atoms with Gasteiger partial charge in [-0.1, -0.05) is 6.08 Å². The van der Waals surface area contributed by atoms with Crippen LogP contribution in [0.1, 0.15) is 21.8 Å². The highest BCUT2D eigenvalue weighted by molar-refractivity contribution is 7.11. The fourth-order valence-electron chi connectivity index (χ4n) is 2.27. The summed E-state index contributed by atoms with van der Waals surface area (Å²) in [6, 6.07) is 8.07. The van der Waals surface area contributed by atoms with Crippen molar-refractivity contribution >= 4 is 35.6 Å². The normalized spacial score (nSPS) is 11.8. The second-order valence-electron chi connectivity index (χ2n) is 5.22. The maximum absolute atomic E-state index is 4.59. The number of nitrogens with zero attached hydrogens (tertiary/aromatic N) is 3. The molecule has 0 unspecified atom stereocenters. The number of aromatic amines is 2. The number of nitrogens with one attached hydrogen (secondary N) is 2. The molecular weight excluding hydrogens is 318 g/mol. The van der Waals surface area contributed by atoms with Crippen LogP contribution in [0.15, 0.2) is 54.4 Å². The molecule has 6 heteroatoms. The number of H-pyrrole nitrogens is 2. The number of aromatic nitrogens is 5. The Kier molecular flexibility index (Phi) is 3.95. The van der Waals surface area contributed by atoms with Gasteiger partial charge in [0.15, 0.2) is 0 Å². The van der Waals surface area contributed by atoms with Gasteiger partial charge in [0.25, 0.3) is 0 Å². The summed E-state index contributed by atoms with van der Waals surface area (Å²) in [6.07, 6.45) is 15.7. The third kappa shape index (κ3) is 3.28. The molecule has 0 aliphatic carbocycles. The minimum Gasteiger partial charge on any atom is -0.367 e. The van der Waals surface area contributed by atoms with Gasteiger partial charge in [-0.3, -0.25) is 5.10 Å². The van der Waals surface area contributed by atoms with Gasteiger partial charge in [0.05, 0.1) is 17.1 Å². The first-order valence-corrected chi connectivity index (χ1v) is 8.38. The molecule has 0 saturated carbocycles. The van der Waals surface area contributed by atoms with E-state index in [1.807, 2.05) is 59.7 Å². The zero-order chi connectivity index (χ0) is 16.2. The van der Waals surface area contributed by atoms with Crippen molar-refractivity contribution in [3.8, 4) is 5.69 Å². The van der Waals surface area contributed by atoms with Gasteiger partial charge in [-0.2, -0.15) is 10.2 Å². The van der Waals surface area contributed by atoms with Gasteiger partial charge in [-0.15, -0.1) is 11.3 Å². The predicted octanol–water partition coefficient (Wildman–Crippen LogP) is 4.33. The molecule has 4 rings (SSSR count). The topological polar surface area (TPSA) is 62.3 Å². The average molecular weight is 333 g/mol. The van der Waals surface area contributed by atoms with Gasteiger partial charge in [0.2, 0.25) is 0 Å². The van der Waals surface area contributed by atoms with E-state index in [0.717, 1.165) is 22.6 Å². The maximum Gasteiger partial charge on any atom is 0.0855 e. The molecule has 24 heavy (non-hydrogen) atoms. The maximum atomic E-state index is 4.59. The van der Waals surface area contributed by atoms with E-state index in [1.165, 1.54) is 4.88 Å². The smallest absolute Gasteiger partial charge is 0.0855 e. The van der Waals surface area contributed by atoms with E-state index < -0.39 is 0 Å². The molecule has 2 N–H and O–H groups in total. The Labute approximate surface area is 143 Å². The number of rotatable bonds is 5. The third-order valence-electron chi connectivity index (χ3n) is 3.50. The van der Waals surface area contributed by atoms with Gasteiger partial charge in [-0.05, 0) is 48.1 Å². The number of thiophene rings is 1. The number of hydrogen-bond donors (Lipinski definition) is 2. The summed E-state index contributed by atoms with van der Waals surface area (Å²) >= 11 is 1.68. The van der Waals surface area contributed by atoms with Crippen molar-refractivity contribution < 1.29 is 0 Å². The van der Waals surface area contributed by atoms with Crippen LogP contribution < -0.4 is 0 Å². The molecule has 0 aliphatic rings. The van der Waals surface area contributed by atoms with E-state index in [1.54, 1.807) is 17.5 Å². The zero-order valence-corrected chi connectivity index (χ0v) is 13.6. The lowest BCUT2D eigenvalue weighted by atomic mass is 10.3. The first-order chi connectivity index (χ1) is 11.9. The Morgan fingerprint density at radius 2 is 2.08 bits per heavy atom. The van der Waals surface area contributed by atoms with Gasteiger partial charge in [0, 0.05) is 35.0 Å². The van der Waals surface area contributed by atoms with E-state index >= 15 is 0 Å². The Morgan fingerprint density at radius 1 is 1.08 bits per heavy atom. The molecular formula is C18H15N5S. The lowest BCUT2D eigenvalue weighted by molar-refractivity contribution is 0.880. The summed E-state index contributed by atoms with van der Waals surface area (Å²) in [5.74, 6) is 0. The van der Waals surface area contributed by atoms with Gasteiger partial charge in [-0.25, -0.2) is 4.68 Å². The minimum atomic E-state index is 0.928. The molecule has 0 atom stereocenters. The molecule has 0 fully saturated rings. The summed E-state index contributed by atoms with van der Waals surface area (Å²) in [4.78, 5) is 4.20. The average Bonchev–Trinajstić information content (AvgIpc) is 3.40. The summed E-state index contributed by atoms with van der Waals surface area (Å²) in [7, 11) is 0.